The highest BCUT2D eigenvalue weighted by molar-refractivity contribution is 5.94. The number of amides is 1. The van der Waals surface area contributed by atoms with E-state index >= 15 is 0 Å². The minimum atomic E-state index is -4.88. The number of carbonyl (C=O) groups excluding carboxylic acids is 1. The molecule has 35 heavy (non-hydrogen) atoms. The molecule has 1 amide bonds. The van der Waals surface area contributed by atoms with Crippen LogP contribution in [-0.2, 0) is 12.1 Å². The number of imidazole rings is 1. The normalized spacial score (nSPS) is 19.5. The van der Waals surface area contributed by atoms with Crippen LogP contribution in [0.25, 0.3) is 11.4 Å². The Hall–Kier alpha value is -3.41. The Morgan fingerprint density at radius 2 is 1.86 bits per heavy atom. The zero-order valence-corrected chi connectivity index (χ0v) is 19.0. The number of rotatable bonds is 5. The monoisotopic (exact) mass is 493 g/mol. The van der Waals surface area contributed by atoms with Crippen LogP contribution in [0.3, 0.4) is 0 Å². The SMILES string of the molecule is C[C@H]1Cn2nc(OCC3CN(C(=O)c4ccc(F)cc4)C3)cc2-c2cnc(C(C)(O)C(F)(F)F)n21. The first-order valence-electron chi connectivity index (χ1n) is 11.1. The molecule has 1 N–H and O–H groups in total. The molecule has 1 saturated heterocycles. The first-order chi connectivity index (χ1) is 16.5. The van der Waals surface area contributed by atoms with Crippen LogP contribution in [0.2, 0.25) is 0 Å². The molecule has 1 aromatic carbocycles. The summed E-state index contributed by atoms with van der Waals surface area (Å²) in [7, 11) is 0. The smallest absolute Gasteiger partial charge is 0.424 e. The number of carbonyl (C=O) groups is 1. The second-order valence-electron chi connectivity index (χ2n) is 9.20. The van der Waals surface area contributed by atoms with E-state index in [0.29, 0.717) is 49.5 Å². The average molecular weight is 493 g/mol. The van der Waals surface area contributed by atoms with Gasteiger partial charge in [0.15, 0.2) is 5.82 Å². The van der Waals surface area contributed by atoms with Crippen molar-refractivity contribution in [2.75, 3.05) is 19.7 Å². The molecule has 0 bridgehead atoms. The van der Waals surface area contributed by atoms with E-state index in [1.807, 2.05) is 0 Å². The summed E-state index contributed by atoms with van der Waals surface area (Å²) in [5, 5.41) is 14.6. The molecule has 2 atom stereocenters. The summed E-state index contributed by atoms with van der Waals surface area (Å²) in [6.07, 6.45) is -3.58. The van der Waals surface area contributed by atoms with Crippen molar-refractivity contribution >= 4 is 5.91 Å². The second-order valence-corrected chi connectivity index (χ2v) is 9.20. The predicted octanol–water partition coefficient (Wildman–Crippen LogP) is 3.38. The highest BCUT2D eigenvalue weighted by atomic mass is 19.4. The topological polar surface area (TPSA) is 85.4 Å². The fourth-order valence-electron chi connectivity index (χ4n) is 4.44. The number of fused-ring (bicyclic) bond motifs is 3. The third kappa shape index (κ3) is 3.95. The lowest BCUT2D eigenvalue weighted by Crippen LogP contribution is -2.52. The molecule has 186 valence electrons. The van der Waals surface area contributed by atoms with E-state index in [2.05, 4.69) is 10.1 Å². The molecule has 12 heteroatoms. The number of halogens is 4. The van der Waals surface area contributed by atoms with Gasteiger partial charge in [-0.05, 0) is 38.1 Å². The van der Waals surface area contributed by atoms with E-state index in [-0.39, 0.29) is 18.4 Å². The Balaban J connectivity index is 1.25. The van der Waals surface area contributed by atoms with Crippen molar-refractivity contribution in [3.8, 4) is 17.3 Å². The van der Waals surface area contributed by atoms with Gasteiger partial charge in [-0.25, -0.2) is 9.37 Å². The summed E-state index contributed by atoms with van der Waals surface area (Å²) in [6.45, 7) is 4.00. The molecule has 8 nitrogen and oxygen atoms in total. The summed E-state index contributed by atoms with van der Waals surface area (Å²) in [5.41, 5.74) is -1.73. The van der Waals surface area contributed by atoms with Gasteiger partial charge in [0.25, 0.3) is 5.91 Å². The molecule has 3 aromatic rings. The largest absolute Gasteiger partial charge is 0.476 e. The Morgan fingerprint density at radius 3 is 2.51 bits per heavy atom. The quantitative estimate of drug-likeness (QED) is 0.551. The van der Waals surface area contributed by atoms with Gasteiger partial charge in [0.05, 0.1) is 36.8 Å². The van der Waals surface area contributed by atoms with Gasteiger partial charge in [-0.1, -0.05) is 0 Å². The predicted molar refractivity (Wildman–Crippen MR) is 115 cm³/mol. The van der Waals surface area contributed by atoms with Gasteiger partial charge in [0, 0.05) is 30.6 Å². The maximum Gasteiger partial charge on any atom is 0.424 e. The zero-order valence-electron chi connectivity index (χ0n) is 19.0. The average Bonchev–Trinajstić information content (AvgIpc) is 3.37. The van der Waals surface area contributed by atoms with E-state index in [9.17, 15) is 27.5 Å². The molecule has 2 aliphatic rings. The number of hydrogen-bond acceptors (Lipinski definition) is 5. The van der Waals surface area contributed by atoms with Crippen LogP contribution < -0.4 is 4.74 Å². The number of aliphatic hydroxyl groups is 1. The standard InChI is InChI=1S/C23H23F4N5O3/c1-13-9-31-17(18-8-28-21(32(13)18)22(2,34)23(25,26)27)7-19(29-31)35-12-14-10-30(11-14)20(33)15-3-5-16(24)6-4-15/h3-8,13-14,34H,9-12H2,1-2H3/t13-,22?/m0/s1. The fraction of sp³-hybridized carbons (Fsp3) is 0.435. The van der Waals surface area contributed by atoms with E-state index in [1.165, 1.54) is 35.0 Å². The van der Waals surface area contributed by atoms with Crippen molar-refractivity contribution in [1.82, 2.24) is 24.2 Å². The Labute approximate surface area is 197 Å². The van der Waals surface area contributed by atoms with Crippen molar-refractivity contribution in [2.45, 2.75) is 38.2 Å². The van der Waals surface area contributed by atoms with Gasteiger partial charge in [-0.2, -0.15) is 13.2 Å². The molecular weight excluding hydrogens is 470 g/mol. The van der Waals surface area contributed by atoms with Crippen molar-refractivity contribution in [2.24, 2.45) is 5.92 Å². The minimum absolute atomic E-state index is 0.0936. The molecule has 0 radical (unpaired) electrons. The van der Waals surface area contributed by atoms with Gasteiger partial charge < -0.3 is 19.3 Å². The first-order valence-corrected chi connectivity index (χ1v) is 11.1. The van der Waals surface area contributed by atoms with Gasteiger partial charge in [-0.15, -0.1) is 5.10 Å². The van der Waals surface area contributed by atoms with E-state index < -0.39 is 29.5 Å². The molecular formula is C23H23F4N5O3. The third-order valence-electron chi connectivity index (χ3n) is 6.48. The highest BCUT2D eigenvalue weighted by Crippen LogP contribution is 2.42. The second kappa shape index (κ2) is 8.08. The highest BCUT2D eigenvalue weighted by Gasteiger charge is 2.55. The number of hydrogen-bond donors (Lipinski definition) is 1. The van der Waals surface area contributed by atoms with Gasteiger partial charge in [-0.3, -0.25) is 9.48 Å². The van der Waals surface area contributed by atoms with Gasteiger partial charge >= 0.3 is 6.18 Å². The Bertz CT molecular complexity index is 1260. The summed E-state index contributed by atoms with van der Waals surface area (Å²) in [6, 6.07) is 6.59. The number of aromatic nitrogens is 4. The maximum atomic E-state index is 13.4. The summed E-state index contributed by atoms with van der Waals surface area (Å²) in [5.74, 6) is -0.641. The summed E-state index contributed by atoms with van der Waals surface area (Å²) >= 11 is 0. The van der Waals surface area contributed by atoms with Crippen LogP contribution in [0.5, 0.6) is 5.88 Å². The fourth-order valence-corrected chi connectivity index (χ4v) is 4.44. The molecule has 0 aliphatic carbocycles. The lowest BCUT2D eigenvalue weighted by atomic mass is 10.00. The molecule has 4 heterocycles. The maximum absolute atomic E-state index is 13.4. The molecule has 0 spiro atoms. The molecule has 0 saturated carbocycles. The van der Waals surface area contributed by atoms with Gasteiger partial charge in [0.1, 0.15) is 5.82 Å². The van der Waals surface area contributed by atoms with Crippen molar-refractivity contribution in [3.63, 3.8) is 0 Å². The van der Waals surface area contributed by atoms with Crippen molar-refractivity contribution < 1.29 is 32.2 Å². The molecule has 1 fully saturated rings. The van der Waals surface area contributed by atoms with Crippen LogP contribution in [0, 0.1) is 11.7 Å². The molecule has 1 unspecified atom stereocenters. The first kappa shape index (κ1) is 23.3. The molecule has 2 aliphatic heterocycles. The number of nitrogens with zero attached hydrogens (tertiary/aromatic N) is 5. The van der Waals surface area contributed by atoms with E-state index in [1.54, 1.807) is 22.6 Å². The van der Waals surface area contributed by atoms with Crippen molar-refractivity contribution in [3.05, 3.63) is 53.7 Å². The van der Waals surface area contributed by atoms with E-state index in [0.717, 1.165) is 0 Å². The number of alkyl halides is 3. The Kier molecular flexibility index (Phi) is 5.38. The Morgan fingerprint density at radius 1 is 1.17 bits per heavy atom. The number of ether oxygens (including phenoxy) is 1. The van der Waals surface area contributed by atoms with E-state index in [4.69, 9.17) is 4.74 Å². The van der Waals surface area contributed by atoms with Crippen LogP contribution in [0.15, 0.2) is 36.5 Å². The summed E-state index contributed by atoms with van der Waals surface area (Å²) < 4.78 is 62.2. The summed E-state index contributed by atoms with van der Waals surface area (Å²) in [4.78, 5) is 18.0. The zero-order chi connectivity index (χ0) is 25.1. The van der Waals surface area contributed by atoms with Crippen molar-refractivity contribution in [1.29, 1.82) is 0 Å². The lowest BCUT2D eigenvalue weighted by Gasteiger charge is -2.38. The number of likely N-dealkylation sites (tertiary alicyclic amines) is 1. The van der Waals surface area contributed by atoms with Crippen LogP contribution >= 0.6 is 0 Å². The minimum Gasteiger partial charge on any atom is -0.476 e. The number of benzene rings is 1. The van der Waals surface area contributed by atoms with Crippen LogP contribution in [-0.4, -0.2) is 61.1 Å². The molecule has 2 aromatic heterocycles. The lowest BCUT2D eigenvalue weighted by molar-refractivity contribution is -0.262. The molecule has 5 rings (SSSR count). The van der Waals surface area contributed by atoms with Gasteiger partial charge in [0.2, 0.25) is 11.5 Å². The van der Waals surface area contributed by atoms with Crippen LogP contribution in [0.4, 0.5) is 17.6 Å². The third-order valence-corrected chi connectivity index (χ3v) is 6.48. The van der Waals surface area contributed by atoms with Crippen LogP contribution in [0.1, 0.15) is 36.1 Å².